The fourth-order valence-corrected chi connectivity index (χ4v) is 2.87. The van der Waals surface area contributed by atoms with Crippen LogP contribution in [-0.2, 0) is 18.1 Å². The summed E-state index contributed by atoms with van der Waals surface area (Å²) in [7, 11) is 2.70. The van der Waals surface area contributed by atoms with Crippen LogP contribution in [0, 0.1) is 10.1 Å². The molecule has 0 atom stereocenters. The Morgan fingerprint density at radius 1 is 0.739 bits per heavy atom. The quantitative estimate of drug-likeness (QED) is 0.446. The smallest absolute Gasteiger partial charge is 0.258 e. The zero-order valence-corrected chi connectivity index (χ0v) is 14.3. The number of nitro groups is 1. The van der Waals surface area contributed by atoms with Gasteiger partial charge >= 0.3 is 0 Å². The number of hydrogen-bond donors (Lipinski definition) is 0. The van der Waals surface area contributed by atoms with E-state index >= 15 is 0 Å². The average molecular weight is 398 g/mol. The second-order valence-electron chi connectivity index (χ2n) is 3.94. The number of nitrogens with zero attached hydrogens (tertiary/aromatic N) is 1. The molecule has 0 unspecified atom stereocenters. The first-order valence-corrected chi connectivity index (χ1v) is 10.3. The standard InChI is InChI=1S/C6H4ClNO4S.C6H5ClO2S/c7-13(11,12)6-3-1-5(2-4-6)8(9)10;7-10(8,9)6-4-2-1-3-5-6/h1-4H;1-5H. The van der Waals surface area contributed by atoms with E-state index < -0.39 is 23.0 Å². The summed E-state index contributed by atoms with van der Waals surface area (Å²) in [6, 6.07) is 12.2. The van der Waals surface area contributed by atoms with Crippen molar-refractivity contribution in [2.45, 2.75) is 9.79 Å². The van der Waals surface area contributed by atoms with Crippen molar-refractivity contribution >= 4 is 45.2 Å². The third-order valence-corrected chi connectivity index (χ3v) is 5.09. The summed E-state index contributed by atoms with van der Waals surface area (Å²) in [6.07, 6.45) is 0. The highest BCUT2D eigenvalue weighted by Crippen LogP contribution is 2.18. The van der Waals surface area contributed by atoms with Gasteiger partial charge in [0.1, 0.15) is 0 Å². The van der Waals surface area contributed by atoms with Gasteiger partial charge in [-0.2, -0.15) is 0 Å². The van der Waals surface area contributed by atoms with Crippen molar-refractivity contribution in [3.8, 4) is 0 Å². The Labute approximate surface area is 141 Å². The van der Waals surface area contributed by atoms with E-state index in [1.807, 2.05) is 0 Å². The van der Waals surface area contributed by atoms with Crippen LogP contribution in [0.3, 0.4) is 0 Å². The topological polar surface area (TPSA) is 111 Å². The lowest BCUT2D eigenvalue weighted by Gasteiger charge is -1.94. The first-order valence-electron chi connectivity index (χ1n) is 5.70. The van der Waals surface area contributed by atoms with Crippen molar-refractivity contribution in [2.24, 2.45) is 0 Å². The Hall–Kier alpha value is -1.68. The molecule has 0 amide bonds. The molecule has 0 saturated carbocycles. The Kier molecular flexibility index (Phi) is 6.51. The zero-order chi connectivity index (χ0) is 17.7. The molecular formula is C12H9Cl2NO6S2. The third-order valence-electron chi connectivity index (χ3n) is 2.35. The zero-order valence-electron chi connectivity index (χ0n) is 11.2. The van der Waals surface area contributed by atoms with E-state index in [1.165, 1.54) is 12.1 Å². The summed E-state index contributed by atoms with van der Waals surface area (Å²) in [5.41, 5.74) is -0.177. The van der Waals surface area contributed by atoms with E-state index in [9.17, 15) is 26.9 Å². The summed E-state index contributed by atoms with van der Waals surface area (Å²) in [5.74, 6) is 0. The van der Waals surface area contributed by atoms with Gasteiger partial charge in [-0.25, -0.2) is 16.8 Å². The maximum atomic E-state index is 10.7. The number of halogens is 2. The van der Waals surface area contributed by atoms with Gasteiger partial charge in [0.15, 0.2) is 0 Å². The second-order valence-corrected chi connectivity index (χ2v) is 9.07. The number of rotatable bonds is 3. The van der Waals surface area contributed by atoms with Gasteiger partial charge in [-0.05, 0) is 24.3 Å². The van der Waals surface area contributed by atoms with E-state index in [2.05, 4.69) is 0 Å². The molecule has 2 rings (SSSR count). The fourth-order valence-electron chi connectivity index (χ4n) is 1.31. The molecule has 0 aliphatic rings. The van der Waals surface area contributed by atoms with Crippen LogP contribution in [0.2, 0.25) is 0 Å². The predicted molar refractivity (Wildman–Crippen MR) is 85.6 cm³/mol. The van der Waals surface area contributed by atoms with Crippen molar-refractivity contribution < 1.29 is 21.8 Å². The van der Waals surface area contributed by atoms with Crippen LogP contribution >= 0.6 is 21.4 Å². The van der Waals surface area contributed by atoms with Crippen molar-refractivity contribution in [3.05, 3.63) is 64.7 Å². The van der Waals surface area contributed by atoms with Gasteiger partial charge in [0.2, 0.25) is 0 Å². The van der Waals surface area contributed by atoms with E-state index in [0.29, 0.717) is 0 Å². The molecule has 0 aliphatic carbocycles. The molecule has 7 nitrogen and oxygen atoms in total. The van der Waals surface area contributed by atoms with E-state index in [0.717, 1.165) is 24.3 Å². The summed E-state index contributed by atoms with van der Waals surface area (Å²) in [4.78, 5) is 9.55. The summed E-state index contributed by atoms with van der Waals surface area (Å²) < 4.78 is 42.6. The fraction of sp³-hybridized carbons (Fsp3) is 0. The maximum Gasteiger partial charge on any atom is 0.269 e. The SMILES string of the molecule is O=S(=O)(Cl)c1ccccc1.O=[N+]([O-])c1ccc(S(=O)(=O)Cl)cc1. The minimum atomic E-state index is -3.80. The minimum Gasteiger partial charge on any atom is -0.258 e. The second kappa shape index (κ2) is 7.73. The van der Waals surface area contributed by atoms with Gasteiger partial charge in [0, 0.05) is 33.5 Å². The Morgan fingerprint density at radius 2 is 1.13 bits per heavy atom. The number of hydrogen-bond acceptors (Lipinski definition) is 6. The maximum absolute atomic E-state index is 10.7. The van der Waals surface area contributed by atoms with E-state index in [4.69, 9.17) is 21.4 Å². The Morgan fingerprint density at radius 3 is 1.43 bits per heavy atom. The third kappa shape index (κ3) is 6.53. The van der Waals surface area contributed by atoms with E-state index in [-0.39, 0.29) is 15.5 Å². The highest BCUT2D eigenvalue weighted by Gasteiger charge is 2.11. The first kappa shape index (κ1) is 19.4. The minimum absolute atomic E-state index is 0.136. The number of nitro benzene ring substituents is 1. The molecule has 0 N–H and O–H groups in total. The van der Waals surface area contributed by atoms with Crippen LogP contribution in [0.5, 0.6) is 0 Å². The molecule has 23 heavy (non-hydrogen) atoms. The molecule has 0 aliphatic heterocycles. The summed E-state index contributed by atoms with van der Waals surface area (Å²) in [6.45, 7) is 0. The van der Waals surface area contributed by atoms with Crippen molar-refractivity contribution in [1.29, 1.82) is 0 Å². The normalized spacial score (nSPS) is 11.2. The van der Waals surface area contributed by atoms with Gasteiger partial charge in [-0.1, -0.05) is 18.2 Å². The lowest BCUT2D eigenvalue weighted by molar-refractivity contribution is -0.384. The van der Waals surface area contributed by atoms with Gasteiger partial charge in [-0.15, -0.1) is 0 Å². The van der Waals surface area contributed by atoms with Crippen LogP contribution in [0.1, 0.15) is 0 Å². The highest BCUT2D eigenvalue weighted by atomic mass is 35.7. The van der Waals surface area contributed by atoms with E-state index in [1.54, 1.807) is 18.2 Å². The highest BCUT2D eigenvalue weighted by molar-refractivity contribution is 8.14. The molecule has 11 heteroatoms. The van der Waals surface area contributed by atoms with Crippen molar-refractivity contribution in [2.75, 3.05) is 0 Å². The molecule has 0 aromatic heterocycles. The molecule has 0 saturated heterocycles. The van der Waals surface area contributed by atoms with Crippen LogP contribution in [0.4, 0.5) is 5.69 Å². The van der Waals surface area contributed by atoms with Crippen LogP contribution in [0.15, 0.2) is 64.4 Å². The summed E-state index contributed by atoms with van der Waals surface area (Å²) in [5, 5.41) is 10.2. The monoisotopic (exact) mass is 397 g/mol. The molecular weight excluding hydrogens is 389 g/mol. The molecule has 0 fully saturated rings. The molecule has 2 aromatic rings. The number of non-ortho nitro benzene ring substituents is 1. The van der Waals surface area contributed by atoms with Crippen molar-refractivity contribution in [3.63, 3.8) is 0 Å². The molecule has 0 radical (unpaired) electrons. The van der Waals surface area contributed by atoms with Gasteiger partial charge in [0.25, 0.3) is 23.8 Å². The molecule has 0 bridgehead atoms. The average Bonchev–Trinajstić information content (AvgIpc) is 2.47. The van der Waals surface area contributed by atoms with Gasteiger partial charge < -0.3 is 0 Å². The first-order chi connectivity index (χ1) is 10.5. The Balaban J connectivity index is 0.000000238. The van der Waals surface area contributed by atoms with Crippen LogP contribution in [0.25, 0.3) is 0 Å². The van der Waals surface area contributed by atoms with Crippen molar-refractivity contribution in [1.82, 2.24) is 0 Å². The van der Waals surface area contributed by atoms with Crippen LogP contribution in [-0.4, -0.2) is 21.8 Å². The van der Waals surface area contributed by atoms with Crippen LogP contribution < -0.4 is 0 Å². The molecule has 124 valence electrons. The summed E-state index contributed by atoms with van der Waals surface area (Å²) >= 11 is 0. The lowest BCUT2D eigenvalue weighted by atomic mass is 10.3. The lowest BCUT2D eigenvalue weighted by Crippen LogP contribution is -1.92. The van der Waals surface area contributed by atoms with Gasteiger partial charge in [0.05, 0.1) is 14.7 Å². The molecule has 2 aromatic carbocycles. The number of benzene rings is 2. The predicted octanol–water partition coefficient (Wildman–Crippen LogP) is 3.14. The Bertz CT molecular complexity index is 881. The van der Waals surface area contributed by atoms with Gasteiger partial charge in [-0.3, -0.25) is 10.1 Å². The largest absolute Gasteiger partial charge is 0.269 e. The molecule has 0 heterocycles. The molecule has 0 spiro atoms.